The molecule has 0 saturated heterocycles. The van der Waals surface area contributed by atoms with Gasteiger partial charge in [-0.05, 0) is 25.1 Å². The van der Waals surface area contributed by atoms with Gasteiger partial charge in [-0.3, -0.25) is 4.40 Å². The molecule has 0 unspecified atom stereocenters. The number of nitrogens with zero attached hydrogens (tertiary/aromatic N) is 3. The predicted molar refractivity (Wildman–Crippen MR) is 75.7 cm³/mol. The van der Waals surface area contributed by atoms with Gasteiger partial charge in [0, 0.05) is 7.05 Å². The molecule has 0 fully saturated rings. The largest absolute Gasteiger partial charge is 0.313 e. The number of aromatic nitrogens is 3. The molecule has 0 aliphatic rings. The first-order valence-electron chi connectivity index (χ1n) is 5.99. The lowest BCUT2D eigenvalue weighted by Gasteiger charge is -1.90. The van der Waals surface area contributed by atoms with Crippen molar-refractivity contribution in [2.75, 3.05) is 0 Å². The van der Waals surface area contributed by atoms with E-state index in [4.69, 9.17) is 0 Å². The number of aryl methyl sites for hydroxylation is 1. The SMILES string of the molecule is C=C/C=c1\c(=C/C)n2c3ccccc3nc2n1C. The van der Waals surface area contributed by atoms with Crippen molar-refractivity contribution < 1.29 is 0 Å². The average Bonchev–Trinajstić information content (AvgIpc) is 2.88. The maximum Gasteiger partial charge on any atom is 0.215 e. The Hall–Kier alpha value is -2.29. The molecule has 3 aromatic rings. The van der Waals surface area contributed by atoms with Gasteiger partial charge in [0.25, 0.3) is 0 Å². The molecule has 0 amide bonds. The smallest absolute Gasteiger partial charge is 0.215 e. The zero-order valence-electron chi connectivity index (χ0n) is 10.6. The van der Waals surface area contributed by atoms with Crippen LogP contribution in [0.1, 0.15) is 6.92 Å². The highest BCUT2D eigenvalue weighted by molar-refractivity contribution is 5.79. The van der Waals surface area contributed by atoms with Crippen LogP contribution in [0, 0.1) is 0 Å². The van der Waals surface area contributed by atoms with E-state index in [2.05, 4.69) is 32.7 Å². The monoisotopic (exact) mass is 237 g/mol. The van der Waals surface area contributed by atoms with Crippen LogP contribution in [0.3, 0.4) is 0 Å². The molecule has 3 rings (SSSR count). The van der Waals surface area contributed by atoms with Crippen molar-refractivity contribution in [2.24, 2.45) is 7.05 Å². The molecule has 3 nitrogen and oxygen atoms in total. The Morgan fingerprint density at radius 1 is 1.22 bits per heavy atom. The second-order valence-electron chi connectivity index (χ2n) is 4.26. The molecular weight excluding hydrogens is 222 g/mol. The molecule has 0 bridgehead atoms. The summed E-state index contributed by atoms with van der Waals surface area (Å²) in [5, 5.41) is 2.28. The third kappa shape index (κ3) is 1.27. The topological polar surface area (TPSA) is 22.2 Å². The number of benzene rings is 1. The Labute approximate surface area is 105 Å². The van der Waals surface area contributed by atoms with Gasteiger partial charge in [0.1, 0.15) is 0 Å². The Bertz CT molecular complexity index is 863. The summed E-state index contributed by atoms with van der Waals surface area (Å²) >= 11 is 0. The van der Waals surface area contributed by atoms with Gasteiger partial charge in [-0.25, -0.2) is 4.98 Å². The van der Waals surface area contributed by atoms with Gasteiger partial charge in [-0.15, -0.1) is 0 Å². The van der Waals surface area contributed by atoms with Crippen LogP contribution in [0.15, 0.2) is 36.9 Å². The first-order chi connectivity index (χ1) is 8.77. The molecule has 0 aliphatic carbocycles. The van der Waals surface area contributed by atoms with Crippen LogP contribution >= 0.6 is 0 Å². The molecule has 18 heavy (non-hydrogen) atoms. The van der Waals surface area contributed by atoms with Crippen LogP contribution in [0.4, 0.5) is 0 Å². The van der Waals surface area contributed by atoms with Crippen molar-refractivity contribution in [1.29, 1.82) is 0 Å². The van der Waals surface area contributed by atoms with E-state index in [1.807, 2.05) is 44.3 Å². The quantitative estimate of drug-likeness (QED) is 0.630. The highest BCUT2D eigenvalue weighted by Crippen LogP contribution is 2.12. The highest BCUT2D eigenvalue weighted by Gasteiger charge is 2.09. The summed E-state index contributed by atoms with van der Waals surface area (Å²) in [5.41, 5.74) is 2.16. The van der Waals surface area contributed by atoms with Crippen molar-refractivity contribution >= 4 is 29.0 Å². The first kappa shape index (κ1) is 10.8. The fourth-order valence-electron chi connectivity index (χ4n) is 2.46. The van der Waals surface area contributed by atoms with Gasteiger partial charge in [0.15, 0.2) is 0 Å². The summed E-state index contributed by atoms with van der Waals surface area (Å²) in [7, 11) is 2.03. The zero-order chi connectivity index (χ0) is 12.7. The van der Waals surface area contributed by atoms with Gasteiger partial charge in [-0.1, -0.05) is 30.9 Å². The molecule has 1 aromatic carbocycles. The van der Waals surface area contributed by atoms with Crippen LogP contribution in [-0.2, 0) is 7.05 Å². The van der Waals surface area contributed by atoms with E-state index in [-0.39, 0.29) is 0 Å². The van der Waals surface area contributed by atoms with Crippen LogP contribution in [0.2, 0.25) is 0 Å². The molecule has 2 aromatic heterocycles. The third-order valence-corrected chi connectivity index (χ3v) is 3.26. The van der Waals surface area contributed by atoms with Crippen LogP contribution < -0.4 is 10.7 Å². The Morgan fingerprint density at radius 2 is 2.00 bits per heavy atom. The maximum atomic E-state index is 4.68. The Morgan fingerprint density at radius 3 is 2.72 bits per heavy atom. The van der Waals surface area contributed by atoms with Crippen LogP contribution in [0.5, 0.6) is 0 Å². The second kappa shape index (κ2) is 3.88. The number of fused-ring (bicyclic) bond motifs is 3. The summed E-state index contributed by atoms with van der Waals surface area (Å²) in [6.07, 6.45) is 5.93. The van der Waals surface area contributed by atoms with Crippen molar-refractivity contribution in [1.82, 2.24) is 14.0 Å². The lowest BCUT2D eigenvalue weighted by molar-refractivity contribution is 0.907. The third-order valence-electron chi connectivity index (χ3n) is 3.26. The highest BCUT2D eigenvalue weighted by atomic mass is 15.2. The van der Waals surface area contributed by atoms with Gasteiger partial charge in [0.2, 0.25) is 5.78 Å². The van der Waals surface area contributed by atoms with Gasteiger partial charge >= 0.3 is 0 Å². The summed E-state index contributed by atoms with van der Waals surface area (Å²) in [6, 6.07) is 8.19. The standard InChI is InChI=1S/C15H15N3/c1-4-8-14-12(5-2)18-13-10-7-6-9-11(13)16-15(18)17(14)3/h4-10H,1H2,2-3H3/b12-5+,14-8+. The Kier molecular flexibility index (Phi) is 2.33. The van der Waals surface area contributed by atoms with E-state index in [1.165, 1.54) is 0 Å². The summed E-state index contributed by atoms with van der Waals surface area (Å²) in [6.45, 7) is 5.82. The van der Waals surface area contributed by atoms with Crippen molar-refractivity contribution in [3.63, 3.8) is 0 Å². The summed E-state index contributed by atoms with van der Waals surface area (Å²) in [4.78, 5) is 4.68. The molecule has 3 heteroatoms. The first-order valence-corrected chi connectivity index (χ1v) is 5.99. The maximum absolute atomic E-state index is 4.68. The number of allylic oxidation sites excluding steroid dienone is 1. The minimum Gasteiger partial charge on any atom is -0.313 e. The summed E-state index contributed by atoms with van der Waals surface area (Å²) in [5.74, 6) is 0.956. The molecule has 0 N–H and O–H groups in total. The average molecular weight is 237 g/mol. The lowest BCUT2D eigenvalue weighted by atomic mass is 10.3. The van der Waals surface area contributed by atoms with E-state index in [1.54, 1.807) is 0 Å². The summed E-state index contributed by atoms with van der Waals surface area (Å²) < 4.78 is 4.28. The number of para-hydroxylation sites is 2. The van der Waals surface area contributed by atoms with E-state index in [9.17, 15) is 0 Å². The second-order valence-corrected chi connectivity index (χ2v) is 4.26. The van der Waals surface area contributed by atoms with E-state index in [0.717, 1.165) is 27.5 Å². The lowest BCUT2D eigenvalue weighted by Crippen LogP contribution is -2.30. The number of hydrogen-bond donors (Lipinski definition) is 0. The zero-order valence-corrected chi connectivity index (χ0v) is 10.6. The fourth-order valence-corrected chi connectivity index (χ4v) is 2.46. The molecule has 2 heterocycles. The van der Waals surface area contributed by atoms with Gasteiger partial charge < -0.3 is 4.57 Å². The Balaban J connectivity index is 2.69. The molecule has 0 spiro atoms. The molecular formula is C15H15N3. The molecule has 0 atom stereocenters. The van der Waals surface area contributed by atoms with Crippen LogP contribution in [0.25, 0.3) is 29.0 Å². The normalized spacial score (nSPS) is 13.9. The number of imidazole rings is 2. The van der Waals surface area contributed by atoms with Crippen LogP contribution in [-0.4, -0.2) is 14.0 Å². The van der Waals surface area contributed by atoms with E-state index < -0.39 is 0 Å². The minimum absolute atomic E-state index is 0.956. The van der Waals surface area contributed by atoms with Gasteiger partial charge in [-0.2, -0.15) is 0 Å². The molecule has 90 valence electrons. The fraction of sp³-hybridized carbons (Fsp3) is 0.133. The number of rotatable bonds is 1. The molecule has 0 aliphatic heterocycles. The van der Waals surface area contributed by atoms with Crippen molar-refractivity contribution in [3.8, 4) is 0 Å². The van der Waals surface area contributed by atoms with Crippen molar-refractivity contribution in [2.45, 2.75) is 6.92 Å². The minimum atomic E-state index is 0.956. The van der Waals surface area contributed by atoms with E-state index >= 15 is 0 Å². The molecule has 0 saturated carbocycles. The van der Waals surface area contributed by atoms with Gasteiger partial charge in [0.05, 0.1) is 21.7 Å². The number of hydrogen-bond acceptors (Lipinski definition) is 1. The van der Waals surface area contributed by atoms with Crippen molar-refractivity contribution in [3.05, 3.63) is 47.6 Å². The predicted octanol–water partition coefficient (Wildman–Crippen LogP) is 1.59. The van der Waals surface area contributed by atoms with E-state index in [0.29, 0.717) is 0 Å². The molecule has 0 radical (unpaired) electrons.